The van der Waals surface area contributed by atoms with Crippen LogP contribution in [0.5, 0.6) is 0 Å². The van der Waals surface area contributed by atoms with Gasteiger partial charge in [-0.15, -0.1) is 0 Å². The van der Waals surface area contributed by atoms with E-state index >= 15 is 0 Å². The van der Waals surface area contributed by atoms with Crippen LogP contribution in [-0.2, 0) is 9.59 Å². The first kappa shape index (κ1) is 21.6. The third-order valence-corrected chi connectivity index (χ3v) is 6.72. The Kier molecular flexibility index (Phi) is 9.52. The third kappa shape index (κ3) is 9.17. The molecule has 0 saturated heterocycles. The molecule has 1 aliphatic rings. The van der Waals surface area contributed by atoms with E-state index in [1.165, 1.54) is 30.1 Å². The average molecular weight is 429 g/mol. The predicted molar refractivity (Wildman–Crippen MR) is 114 cm³/mol. The van der Waals surface area contributed by atoms with Crippen molar-refractivity contribution in [2.45, 2.75) is 58.3 Å². The Hall–Kier alpha value is -1.70. The van der Waals surface area contributed by atoms with Gasteiger partial charge in [-0.3, -0.25) is 4.79 Å². The summed E-state index contributed by atoms with van der Waals surface area (Å²) in [5.74, 6) is 0.802. The number of benzene rings is 1. The van der Waals surface area contributed by atoms with E-state index in [0.717, 1.165) is 30.1 Å². The number of hydrogen-bond donors (Lipinski definition) is 0. The molecule has 1 fully saturated rings. The first-order chi connectivity index (χ1) is 13.1. The van der Waals surface area contributed by atoms with Crippen LogP contribution in [-0.4, -0.2) is 25.4 Å². The summed E-state index contributed by atoms with van der Waals surface area (Å²) in [7, 11) is 0. The molecule has 0 heterocycles. The molecule has 0 amide bonds. The fourth-order valence-corrected chi connectivity index (χ4v) is 4.70. The maximum absolute atomic E-state index is 12.1. The van der Waals surface area contributed by atoms with E-state index in [9.17, 15) is 9.59 Å². The fourth-order valence-electron chi connectivity index (χ4n) is 3.01. The molecule has 1 aromatic carbocycles. The Morgan fingerprint density at radius 3 is 2.52 bits per heavy atom. The minimum absolute atomic E-state index is 0.0499. The van der Waals surface area contributed by atoms with Gasteiger partial charge in [-0.25, -0.2) is 0 Å². The zero-order valence-corrected chi connectivity index (χ0v) is 18.0. The van der Waals surface area contributed by atoms with E-state index in [0.29, 0.717) is 23.4 Å². The SMILES string of the molecule is C=CC(=O)C/C=C(/CCC=C(C)CCCC(=O)[Se]c1ccccc1)C1CC1. The second-order valence-electron chi connectivity index (χ2n) is 7.16. The normalized spacial score (nSPS) is 14.9. The number of carbonyl (C=O) groups is 2. The number of carbonyl (C=O) groups excluding carboxylic acids is 2. The second-order valence-corrected chi connectivity index (χ2v) is 9.53. The molecule has 1 aliphatic carbocycles. The minimum atomic E-state index is -0.0499. The quantitative estimate of drug-likeness (QED) is 0.253. The number of ketones is 1. The monoisotopic (exact) mass is 430 g/mol. The van der Waals surface area contributed by atoms with Crippen molar-refractivity contribution in [3.05, 3.63) is 66.3 Å². The van der Waals surface area contributed by atoms with Crippen molar-refractivity contribution in [3.63, 3.8) is 0 Å². The second kappa shape index (κ2) is 11.9. The van der Waals surface area contributed by atoms with Gasteiger partial charge in [-0.2, -0.15) is 0 Å². The zero-order valence-electron chi connectivity index (χ0n) is 16.3. The number of hydrogen-bond acceptors (Lipinski definition) is 2. The van der Waals surface area contributed by atoms with Crippen LogP contribution in [0, 0.1) is 5.92 Å². The van der Waals surface area contributed by atoms with Gasteiger partial charge < -0.3 is 0 Å². The van der Waals surface area contributed by atoms with Crippen LogP contribution in [0.15, 0.2) is 66.3 Å². The topological polar surface area (TPSA) is 34.1 Å². The van der Waals surface area contributed by atoms with Gasteiger partial charge in [0.25, 0.3) is 0 Å². The van der Waals surface area contributed by atoms with Gasteiger partial charge in [0.05, 0.1) is 0 Å². The molecular weight excluding hydrogens is 399 g/mol. The molecule has 3 heteroatoms. The fraction of sp³-hybridized carbons (Fsp3) is 0.417. The summed E-state index contributed by atoms with van der Waals surface area (Å²) in [6.07, 6.45) is 13.5. The molecule has 0 unspecified atom stereocenters. The van der Waals surface area contributed by atoms with E-state index < -0.39 is 0 Å². The molecular formula is C24H30O2Se. The number of allylic oxidation sites excluding steroid dienone is 5. The van der Waals surface area contributed by atoms with Gasteiger partial charge >= 0.3 is 153 Å². The first-order valence-corrected chi connectivity index (χ1v) is 11.6. The Morgan fingerprint density at radius 2 is 1.85 bits per heavy atom. The van der Waals surface area contributed by atoms with Crippen LogP contribution in [0.25, 0.3) is 0 Å². The van der Waals surface area contributed by atoms with E-state index in [1.807, 2.05) is 30.3 Å². The molecule has 1 saturated carbocycles. The van der Waals surface area contributed by atoms with E-state index in [2.05, 4.69) is 25.7 Å². The van der Waals surface area contributed by atoms with Crippen molar-refractivity contribution in [2.75, 3.05) is 0 Å². The van der Waals surface area contributed by atoms with Crippen molar-refractivity contribution in [2.24, 2.45) is 5.92 Å². The van der Waals surface area contributed by atoms with Crippen molar-refractivity contribution in [3.8, 4) is 0 Å². The molecule has 0 aromatic heterocycles. The van der Waals surface area contributed by atoms with Gasteiger partial charge in [-0.05, 0) is 6.08 Å². The molecule has 1 aromatic rings. The predicted octanol–water partition coefficient (Wildman–Crippen LogP) is 4.92. The number of rotatable bonds is 13. The molecule has 0 spiro atoms. The van der Waals surface area contributed by atoms with Gasteiger partial charge in [0.15, 0.2) is 0 Å². The van der Waals surface area contributed by atoms with Crippen LogP contribution < -0.4 is 4.46 Å². The molecule has 2 rings (SSSR count). The van der Waals surface area contributed by atoms with E-state index in [-0.39, 0.29) is 20.7 Å². The molecule has 0 radical (unpaired) electrons. The average Bonchev–Trinajstić information content (AvgIpc) is 3.50. The molecule has 0 aliphatic heterocycles. The van der Waals surface area contributed by atoms with Crippen LogP contribution in [0.4, 0.5) is 0 Å². The van der Waals surface area contributed by atoms with Crippen molar-refractivity contribution < 1.29 is 9.59 Å². The maximum atomic E-state index is 12.1. The molecule has 144 valence electrons. The van der Waals surface area contributed by atoms with E-state index in [1.54, 1.807) is 0 Å². The molecule has 0 bridgehead atoms. The van der Waals surface area contributed by atoms with Crippen LogP contribution >= 0.6 is 0 Å². The van der Waals surface area contributed by atoms with Crippen molar-refractivity contribution >= 4 is 29.9 Å². The summed E-state index contributed by atoms with van der Waals surface area (Å²) >= 11 is -0.0499. The summed E-state index contributed by atoms with van der Waals surface area (Å²) in [6, 6.07) is 10.1. The summed E-state index contributed by atoms with van der Waals surface area (Å²) in [6.45, 7) is 5.70. The summed E-state index contributed by atoms with van der Waals surface area (Å²) in [5.41, 5.74) is 2.81. The van der Waals surface area contributed by atoms with Crippen molar-refractivity contribution in [1.82, 2.24) is 0 Å². The van der Waals surface area contributed by atoms with Crippen LogP contribution in [0.2, 0.25) is 0 Å². The Bertz CT molecular complexity index is 696. The van der Waals surface area contributed by atoms with E-state index in [4.69, 9.17) is 0 Å². The first-order valence-electron chi connectivity index (χ1n) is 9.84. The molecule has 2 nitrogen and oxygen atoms in total. The van der Waals surface area contributed by atoms with Gasteiger partial charge in [0, 0.05) is 0 Å². The Balaban J connectivity index is 1.66. The standard InChI is InChI=1S/C24H30O2Se/c1-3-22(25)18-17-20(21-15-16-21)11-7-9-19(2)10-8-14-24(26)27-23-12-5-4-6-13-23/h3-6,9,12-13,17,21H,1,7-8,10-11,14-16,18H2,2H3/b19-9?,20-17-. The summed E-state index contributed by atoms with van der Waals surface area (Å²) in [5, 5.41) is 0. The van der Waals surface area contributed by atoms with Gasteiger partial charge in [-0.1, -0.05) is 6.58 Å². The zero-order chi connectivity index (χ0) is 19.5. The third-order valence-electron chi connectivity index (χ3n) is 4.75. The van der Waals surface area contributed by atoms with Gasteiger partial charge in [0.2, 0.25) is 0 Å². The summed E-state index contributed by atoms with van der Waals surface area (Å²) in [4.78, 5) is 23.5. The Morgan fingerprint density at radius 1 is 1.11 bits per heavy atom. The Labute approximate surface area is 170 Å². The van der Waals surface area contributed by atoms with Crippen molar-refractivity contribution in [1.29, 1.82) is 0 Å². The van der Waals surface area contributed by atoms with Crippen LogP contribution in [0.3, 0.4) is 0 Å². The summed E-state index contributed by atoms with van der Waals surface area (Å²) < 4.78 is 1.55. The van der Waals surface area contributed by atoms with Gasteiger partial charge in [0.1, 0.15) is 0 Å². The molecule has 27 heavy (non-hydrogen) atoms. The van der Waals surface area contributed by atoms with Crippen LogP contribution in [0.1, 0.15) is 58.3 Å². The molecule has 0 atom stereocenters. The molecule has 0 N–H and O–H groups in total.